The van der Waals surface area contributed by atoms with Crippen LogP contribution in [0.15, 0.2) is 29.6 Å². The Morgan fingerprint density at radius 1 is 1.03 bits per heavy atom. The van der Waals surface area contributed by atoms with Crippen molar-refractivity contribution in [2.45, 2.75) is 0 Å². The molecule has 3 aromatic rings. The van der Waals surface area contributed by atoms with Gasteiger partial charge in [-0.2, -0.15) is 4.98 Å². The minimum Gasteiger partial charge on any atom is -0.383 e. The zero-order valence-electron chi connectivity index (χ0n) is 16.2. The number of aromatic nitrogens is 2. The van der Waals surface area contributed by atoms with Crippen LogP contribution in [0.3, 0.4) is 0 Å². The lowest BCUT2D eigenvalue weighted by molar-refractivity contribution is -0.384. The molecule has 0 radical (unpaired) electrons. The number of fused-ring (bicyclic) bond motifs is 1. The number of benzene rings is 1. The molecule has 0 aliphatic rings. The third-order valence-electron chi connectivity index (χ3n) is 3.73. The monoisotopic (exact) mass is 421 g/mol. The molecule has 0 spiro atoms. The molecular formula is C18H23N5O5S. The van der Waals surface area contributed by atoms with Gasteiger partial charge >= 0.3 is 0 Å². The van der Waals surface area contributed by atoms with Gasteiger partial charge in [-0.25, -0.2) is 4.98 Å². The molecule has 10 nitrogen and oxygen atoms in total. The summed E-state index contributed by atoms with van der Waals surface area (Å²) in [5.41, 5.74) is 13.1. The van der Waals surface area contributed by atoms with Crippen LogP contribution in [0.5, 0.6) is 0 Å². The van der Waals surface area contributed by atoms with Gasteiger partial charge in [0.15, 0.2) is 0 Å². The van der Waals surface area contributed by atoms with Gasteiger partial charge in [0.25, 0.3) is 5.69 Å². The highest BCUT2D eigenvalue weighted by atomic mass is 32.1. The molecular weight excluding hydrogens is 398 g/mol. The number of methoxy groups -OCH3 is 2. The number of ether oxygens (including phenoxy) is 3. The van der Waals surface area contributed by atoms with Gasteiger partial charge in [0.1, 0.15) is 10.6 Å². The van der Waals surface area contributed by atoms with E-state index in [0.717, 1.165) is 16.5 Å². The molecule has 2 aromatic heterocycles. The van der Waals surface area contributed by atoms with E-state index < -0.39 is 4.92 Å². The Morgan fingerprint density at radius 2 is 1.66 bits per heavy atom. The standard InChI is InChI=1S/C12H9N5O2S.C6H14O3/c13-10-9-8(5-20-11(9)16-12(14)15-10)6-1-3-7(4-2-6)17(18)19;1-7-3-5-9-6-4-8-2/h1-5H,(H4,13,14,15,16);3-6H2,1-2H3. The molecule has 0 aliphatic heterocycles. The van der Waals surface area contributed by atoms with Crippen LogP contribution in [0.25, 0.3) is 21.3 Å². The van der Waals surface area contributed by atoms with Crippen LogP contribution in [-0.4, -0.2) is 55.5 Å². The number of thiophene rings is 1. The van der Waals surface area contributed by atoms with E-state index in [0.29, 0.717) is 37.1 Å². The normalized spacial score (nSPS) is 10.6. The van der Waals surface area contributed by atoms with Gasteiger partial charge in [0.2, 0.25) is 5.95 Å². The molecule has 1 aromatic carbocycles. The highest BCUT2D eigenvalue weighted by molar-refractivity contribution is 7.17. The second-order valence-electron chi connectivity index (χ2n) is 5.70. The summed E-state index contributed by atoms with van der Waals surface area (Å²) in [6.07, 6.45) is 0. The predicted molar refractivity (Wildman–Crippen MR) is 113 cm³/mol. The van der Waals surface area contributed by atoms with E-state index >= 15 is 0 Å². The Kier molecular flexibility index (Phi) is 8.68. The van der Waals surface area contributed by atoms with Gasteiger partial charge in [-0.05, 0) is 17.7 Å². The first kappa shape index (κ1) is 22.4. The topological polar surface area (TPSA) is 149 Å². The van der Waals surface area contributed by atoms with Crippen molar-refractivity contribution in [2.24, 2.45) is 0 Å². The van der Waals surface area contributed by atoms with Gasteiger partial charge in [0.05, 0.1) is 36.7 Å². The van der Waals surface area contributed by atoms with E-state index in [2.05, 4.69) is 9.97 Å². The van der Waals surface area contributed by atoms with Crippen LogP contribution in [0.4, 0.5) is 17.5 Å². The van der Waals surface area contributed by atoms with Crippen LogP contribution in [0.2, 0.25) is 0 Å². The van der Waals surface area contributed by atoms with Crippen molar-refractivity contribution in [3.05, 3.63) is 39.8 Å². The predicted octanol–water partition coefficient (Wildman–Crippen LogP) is 2.73. The van der Waals surface area contributed by atoms with Crippen molar-refractivity contribution in [2.75, 3.05) is 52.1 Å². The lowest BCUT2D eigenvalue weighted by Crippen LogP contribution is -2.06. The molecule has 11 heteroatoms. The summed E-state index contributed by atoms with van der Waals surface area (Å²) in [4.78, 5) is 19.0. The highest BCUT2D eigenvalue weighted by Gasteiger charge is 2.13. The van der Waals surface area contributed by atoms with Gasteiger partial charge < -0.3 is 25.7 Å². The number of anilines is 2. The summed E-state index contributed by atoms with van der Waals surface area (Å²) in [5.74, 6) is 0.439. The van der Waals surface area contributed by atoms with Gasteiger partial charge in [-0.3, -0.25) is 10.1 Å². The van der Waals surface area contributed by atoms with Gasteiger partial charge in [-0.15, -0.1) is 11.3 Å². The third kappa shape index (κ3) is 6.32. The largest absolute Gasteiger partial charge is 0.383 e. The van der Waals surface area contributed by atoms with Crippen molar-refractivity contribution in [1.29, 1.82) is 0 Å². The average Bonchev–Trinajstić information content (AvgIpc) is 3.12. The third-order valence-corrected chi connectivity index (χ3v) is 4.60. The first-order valence-electron chi connectivity index (χ1n) is 8.58. The van der Waals surface area contributed by atoms with E-state index in [4.69, 9.17) is 25.7 Å². The molecule has 2 heterocycles. The second kappa shape index (κ2) is 11.2. The van der Waals surface area contributed by atoms with E-state index in [1.807, 2.05) is 5.38 Å². The molecule has 0 unspecified atom stereocenters. The number of nitrogens with two attached hydrogens (primary N) is 2. The Hall–Kier alpha value is -2.86. The number of hydrogen-bond acceptors (Lipinski definition) is 10. The van der Waals surface area contributed by atoms with Crippen molar-refractivity contribution in [3.63, 3.8) is 0 Å². The minimum atomic E-state index is -0.437. The molecule has 156 valence electrons. The number of nitrogens with zero attached hydrogens (tertiary/aromatic N) is 3. The van der Waals surface area contributed by atoms with Crippen molar-refractivity contribution >= 4 is 39.0 Å². The van der Waals surface area contributed by atoms with E-state index in [1.54, 1.807) is 26.4 Å². The number of rotatable bonds is 8. The van der Waals surface area contributed by atoms with E-state index in [9.17, 15) is 10.1 Å². The second-order valence-corrected chi connectivity index (χ2v) is 6.56. The van der Waals surface area contributed by atoms with Crippen LogP contribution in [0.1, 0.15) is 0 Å². The van der Waals surface area contributed by atoms with Gasteiger partial charge in [-0.1, -0.05) is 0 Å². The Morgan fingerprint density at radius 3 is 2.21 bits per heavy atom. The Labute approximate surface area is 171 Å². The number of hydrogen-bond donors (Lipinski definition) is 2. The zero-order chi connectivity index (χ0) is 21.2. The number of non-ortho nitro benzene ring substituents is 1. The minimum absolute atomic E-state index is 0.0433. The van der Waals surface area contributed by atoms with Crippen LogP contribution < -0.4 is 11.5 Å². The molecule has 0 amide bonds. The van der Waals surface area contributed by atoms with E-state index in [1.165, 1.54) is 23.5 Å². The van der Waals surface area contributed by atoms with Gasteiger partial charge in [0, 0.05) is 37.3 Å². The quantitative estimate of drug-likeness (QED) is 0.318. The first-order chi connectivity index (χ1) is 14.0. The fourth-order valence-corrected chi connectivity index (χ4v) is 3.31. The van der Waals surface area contributed by atoms with Crippen LogP contribution in [0, 0.1) is 10.1 Å². The number of nitrogen functional groups attached to an aromatic ring is 2. The molecule has 0 saturated carbocycles. The molecule has 29 heavy (non-hydrogen) atoms. The molecule has 0 saturated heterocycles. The SMILES string of the molecule is COCCOCCOC.Nc1nc(N)c2c(-c3ccc([N+](=O)[O-])cc3)csc2n1. The summed E-state index contributed by atoms with van der Waals surface area (Å²) in [7, 11) is 3.30. The summed E-state index contributed by atoms with van der Waals surface area (Å²) < 4.78 is 14.6. The highest BCUT2D eigenvalue weighted by Crippen LogP contribution is 2.36. The maximum Gasteiger partial charge on any atom is 0.269 e. The number of nitro groups is 1. The fourth-order valence-electron chi connectivity index (χ4n) is 2.35. The summed E-state index contributed by atoms with van der Waals surface area (Å²) in [6.45, 7) is 2.62. The summed E-state index contributed by atoms with van der Waals surface area (Å²) >= 11 is 1.40. The van der Waals surface area contributed by atoms with Crippen molar-refractivity contribution < 1.29 is 19.1 Å². The van der Waals surface area contributed by atoms with Crippen molar-refractivity contribution in [1.82, 2.24) is 9.97 Å². The molecule has 3 rings (SSSR count). The maximum absolute atomic E-state index is 10.7. The first-order valence-corrected chi connectivity index (χ1v) is 9.46. The molecule has 0 fully saturated rings. The zero-order valence-corrected chi connectivity index (χ0v) is 17.0. The lowest BCUT2D eigenvalue weighted by atomic mass is 10.1. The molecule has 0 atom stereocenters. The fraction of sp³-hybridized carbons (Fsp3) is 0.333. The summed E-state index contributed by atoms with van der Waals surface area (Å²) in [5, 5.41) is 13.3. The van der Waals surface area contributed by atoms with Crippen LogP contribution >= 0.6 is 11.3 Å². The summed E-state index contributed by atoms with van der Waals surface area (Å²) in [6, 6.07) is 6.26. The lowest BCUT2D eigenvalue weighted by Gasteiger charge is -2.02. The van der Waals surface area contributed by atoms with Crippen molar-refractivity contribution in [3.8, 4) is 11.1 Å². The number of nitro benzene ring substituents is 1. The molecule has 0 bridgehead atoms. The average molecular weight is 421 g/mol. The molecule has 0 aliphatic carbocycles. The molecule has 4 N–H and O–H groups in total. The Balaban J connectivity index is 0.000000284. The Bertz CT molecular complexity index is 926. The van der Waals surface area contributed by atoms with E-state index in [-0.39, 0.29) is 11.6 Å². The maximum atomic E-state index is 10.7. The smallest absolute Gasteiger partial charge is 0.269 e. The van der Waals surface area contributed by atoms with Crippen LogP contribution in [-0.2, 0) is 14.2 Å².